The Labute approximate surface area is 198 Å². The van der Waals surface area contributed by atoms with Gasteiger partial charge in [-0.2, -0.15) is 0 Å². The van der Waals surface area contributed by atoms with Crippen LogP contribution in [-0.2, 0) is 26.0 Å². The van der Waals surface area contributed by atoms with Crippen molar-refractivity contribution >= 4 is 27.9 Å². The number of aliphatic imine (C=N–C) groups is 1. The second-order valence-electron chi connectivity index (χ2n) is 8.39. The monoisotopic (exact) mass is 497 g/mol. The Kier molecular flexibility index (Phi) is 8.56. The molecule has 1 amide bonds. The van der Waals surface area contributed by atoms with Gasteiger partial charge < -0.3 is 31.4 Å². The van der Waals surface area contributed by atoms with Crippen LogP contribution >= 0.6 is 0 Å². The number of ether oxygens (including phenoxy) is 2. The third kappa shape index (κ3) is 7.22. The maximum absolute atomic E-state index is 12.7. The second kappa shape index (κ2) is 11.4. The fraction of sp³-hybridized carbons (Fsp3) is 0.571. The predicted molar refractivity (Wildman–Crippen MR) is 124 cm³/mol. The van der Waals surface area contributed by atoms with E-state index in [9.17, 15) is 23.1 Å². The largest absolute Gasteiger partial charge is 0.486 e. The molecule has 188 valence electrons. The molecule has 12 nitrogen and oxygen atoms in total. The van der Waals surface area contributed by atoms with Crippen LogP contribution in [0.3, 0.4) is 0 Å². The molecule has 0 radical (unpaired) electrons. The molecule has 7 N–H and O–H groups in total. The molecule has 0 aromatic heterocycles. The van der Waals surface area contributed by atoms with Gasteiger partial charge in [0.05, 0.1) is 11.8 Å². The molecule has 0 bridgehead atoms. The van der Waals surface area contributed by atoms with Gasteiger partial charge >= 0.3 is 5.97 Å². The lowest BCUT2D eigenvalue weighted by Crippen LogP contribution is -2.46. The molecule has 2 aliphatic rings. The first kappa shape index (κ1) is 25.6. The SMILES string of the molecule is NC(N)=NCC(=O)NCC1COc2cc(C[C@H](NS(=O)(=O)C3CCCCC3)C(=O)O)ccc2O1. The van der Waals surface area contributed by atoms with Crippen molar-refractivity contribution in [3.8, 4) is 11.5 Å². The highest BCUT2D eigenvalue weighted by Crippen LogP contribution is 2.33. The summed E-state index contributed by atoms with van der Waals surface area (Å²) in [6.45, 7) is 0.158. The number of sulfonamides is 1. The summed E-state index contributed by atoms with van der Waals surface area (Å²) in [7, 11) is -3.74. The molecule has 2 atom stereocenters. The van der Waals surface area contributed by atoms with E-state index < -0.39 is 33.4 Å². The summed E-state index contributed by atoms with van der Waals surface area (Å²) in [6.07, 6.45) is 3.26. The van der Waals surface area contributed by atoms with Crippen LogP contribution in [-0.4, -0.2) is 68.5 Å². The quantitative estimate of drug-likeness (QED) is 0.208. The number of hydrogen-bond donors (Lipinski definition) is 5. The zero-order chi connectivity index (χ0) is 24.7. The third-order valence-electron chi connectivity index (χ3n) is 5.69. The fourth-order valence-electron chi connectivity index (χ4n) is 3.92. The van der Waals surface area contributed by atoms with E-state index in [1.54, 1.807) is 18.2 Å². The van der Waals surface area contributed by atoms with Crippen LogP contribution in [0.2, 0.25) is 0 Å². The van der Waals surface area contributed by atoms with Gasteiger partial charge in [-0.25, -0.2) is 18.1 Å². The molecule has 1 aliphatic carbocycles. The summed E-state index contributed by atoms with van der Waals surface area (Å²) in [5.41, 5.74) is 11.0. The van der Waals surface area contributed by atoms with Crippen LogP contribution < -0.4 is 31.0 Å². The molecular formula is C21H31N5O7S. The number of fused-ring (bicyclic) bond motifs is 1. The first-order valence-electron chi connectivity index (χ1n) is 11.1. The van der Waals surface area contributed by atoms with Gasteiger partial charge in [-0.15, -0.1) is 0 Å². The molecule has 1 heterocycles. The molecule has 13 heteroatoms. The maximum Gasteiger partial charge on any atom is 0.322 e. The summed E-state index contributed by atoms with van der Waals surface area (Å²) in [6, 6.07) is 3.63. The highest BCUT2D eigenvalue weighted by Gasteiger charge is 2.32. The molecule has 1 unspecified atom stereocenters. The first-order valence-corrected chi connectivity index (χ1v) is 12.7. The highest BCUT2D eigenvalue weighted by atomic mass is 32.2. The van der Waals surface area contributed by atoms with E-state index in [2.05, 4.69) is 15.0 Å². The number of amides is 1. The average molecular weight is 498 g/mol. The van der Waals surface area contributed by atoms with E-state index in [4.69, 9.17) is 20.9 Å². The van der Waals surface area contributed by atoms with Crippen molar-refractivity contribution in [1.82, 2.24) is 10.0 Å². The van der Waals surface area contributed by atoms with Gasteiger partial charge in [-0.05, 0) is 37.0 Å². The minimum absolute atomic E-state index is 0.0395. The molecular weight excluding hydrogens is 466 g/mol. The van der Waals surface area contributed by atoms with Gasteiger partial charge in [-0.1, -0.05) is 25.3 Å². The van der Waals surface area contributed by atoms with Crippen LogP contribution in [0.15, 0.2) is 23.2 Å². The molecule has 0 saturated heterocycles. The van der Waals surface area contributed by atoms with E-state index >= 15 is 0 Å². The highest BCUT2D eigenvalue weighted by molar-refractivity contribution is 7.90. The topological polar surface area (TPSA) is 195 Å². The number of carbonyl (C=O) groups excluding carboxylic acids is 1. The van der Waals surface area contributed by atoms with Gasteiger partial charge in [0.15, 0.2) is 17.5 Å². The number of hydrogen-bond acceptors (Lipinski definition) is 7. The van der Waals surface area contributed by atoms with E-state index in [1.807, 2.05) is 0 Å². The minimum Gasteiger partial charge on any atom is -0.486 e. The number of nitrogens with one attached hydrogen (secondary N) is 2. The van der Waals surface area contributed by atoms with Gasteiger partial charge in [0, 0.05) is 0 Å². The van der Waals surface area contributed by atoms with E-state index in [0.29, 0.717) is 29.9 Å². The normalized spacial score (nSPS) is 19.1. The zero-order valence-corrected chi connectivity index (χ0v) is 19.6. The predicted octanol–water partition coefficient (Wildman–Crippen LogP) is -0.536. The number of carbonyl (C=O) groups is 2. The Morgan fingerprint density at radius 3 is 2.59 bits per heavy atom. The van der Waals surface area contributed by atoms with Crippen molar-refractivity contribution in [3.63, 3.8) is 0 Å². The standard InChI is InChI=1S/C21H31N5O7S/c22-21(23)25-11-19(27)24-10-14-12-32-18-9-13(6-7-17(18)33-14)8-16(20(28)29)26-34(30,31)15-4-2-1-3-5-15/h6-7,9,14-16,26H,1-5,8,10-12H2,(H,24,27)(H,28,29)(H4,22,23,25)/t14?,16-/m0/s1. The van der Waals surface area contributed by atoms with Crippen molar-refractivity contribution in [2.24, 2.45) is 16.5 Å². The Bertz CT molecular complexity index is 1020. The van der Waals surface area contributed by atoms with Crippen molar-refractivity contribution < 1.29 is 32.6 Å². The fourth-order valence-corrected chi connectivity index (χ4v) is 5.65. The molecule has 34 heavy (non-hydrogen) atoms. The van der Waals surface area contributed by atoms with Gasteiger partial charge in [0.1, 0.15) is 25.3 Å². The summed E-state index contributed by atoms with van der Waals surface area (Å²) in [4.78, 5) is 27.1. The van der Waals surface area contributed by atoms with Crippen LogP contribution in [0.25, 0.3) is 0 Å². The van der Waals surface area contributed by atoms with Crippen molar-refractivity contribution in [3.05, 3.63) is 23.8 Å². The smallest absolute Gasteiger partial charge is 0.322 e. The molecule has 1 saturated carbocycles. The Hall–Kier alpha value is -3.06. The van der Waals surface area contributed by atoms with Gasteiger partial charge in [-0.3, -0.25) is 9.59 Å². The number of guanidine groups is 1. The molecule has 1 aliphatic heterocycles. The van der Waals surface area contributed by atoms with Crippen molar-refractivity contribution in [1.29, 1.82) is 0 Å². The Morgan fingerprint density at radius 1 is 1.18 bits per heavy atom. The lowest BCUT2D eigenvalue weighted by Gasteiger charge is -2.27. The van der Waals surface area contributed by atoms with Crippen LogP contribution in [0.1, 0.15) is 37.7 Å². The second-order valence-corrected chi connectivity index (χ2v) is 10.4. The summed E-state index contributed by atoms with van der Waals surface area (Å²) in [5, 5.41) is 11.7. The van der Waals surface area contributed by atoms with Crippen molar-refractivity contribution in [2.45, 2.75) is 55.9 Å². The number of benzene rings is 1. The lowest BCUT2D eigenvalue weighted by atomic mass is 10.0. The lowest BCUT2D eigenvalue weighted by molar-refractivity contribution is -0.139. The average Bonchev–Trinajstić information content (AvgIpc) is 2.81. The van der Waals surface area contributed by atoms with E-state index in [0.717, 1.165) is 19.3 Å². The summed E-state index contributed by atoms with van der Waals surface area (Å²) in [5.74, 6) is -0.934. The number of nitrogens with zero attached hydrogens (tertiary/aromatic N) is 1. The molecule has 1 aromatic carbocycles. The molecule has 1 aromatic rings. The molecule has 0 spiro atoms. The van der Waals surface area contributed by atoms with Gasteiger partial charge in [0.2, 0.25) is 15.9 Å². The summed E-state index contributed by atoms with van der Waals surface area (Å²) < 4.78 is 39.3. The van der Waals surface area contributed by atoms with E-state index in [-0.39, 0.29) is 38.0 Å². The van der Waals surface area contributed by atoms with Crippen LogP contribution in [0, 0.1) is 0 Å². The van der Waals surface area contributed by atoms with Gasteiger partial charge in [0.25, 0.3) is 0 Å². The maximum atomic E-state index is 12.7. The Morgan fingerprint density at radius 2 is 1.91 bits per heavy atom. The van der Waals surface area contributed by atoms with Crippen molar-refractivity contribution in [2.75, 3.05) is 19.7 Å². The minimum atomic E-state index is -3.74. The molecule has 1 fully saturated rings. The van der Waals surface area contributed by atoms with Crippen LogP contribution in [0.5, 0.6) is 11.5 Å². The van der Waals surface area contributed by atoms with E-state index in [1.165, 1.54) is 0 Å². The number of nitrogens with two attached hydrogens (primary N) is 2. The number of carboxylic acids is 1. The summed E-state index contributed by atoms with van der Waals surface area (Å²) >= 11 is 0. The number of carboxylic acid groups (broad SMARTS) is 1. The third-order valence-corrected chi connectivity index (χ3v) is 7.66. The van der Waals surface area contributed by atoms with Crippen LogP contribution in [0.4, 0.5) is 0 Å². The number of aliphatic carboxylic acids is 1. The number of rotatable bonds is 10. The first-order chi connectivity index (χ1) is 16.1. The Balaban J connectivity index is 1.58. The molecule has 3 rings (SSSR count). The zero-order valence-electron chi connectivity index (χ0n) is 18.7.